The van der Waals surface area contributed by atoms with Gasteiger partial charge in [0.1, 0.15) is 0 Å². The van der Waals surface area contributed by atoms with Crippen molar-refractivity contribution in [3.8, 4) is 0 Å². The molecule has 0 aliphatic heterocycles. The molecule has 0 spiro atoms. The first-order valence-electron chi connectivity index (χ1n) is 3.97. The molecule has 0 aromatic heterocycles. The average Bonchev–Trinajstić information content (AvgIpc) is 1.93. The van der Waals surface area contributed by atoms with Gasteiger partial charge in [0.15, 0.2) is 0 Å². The molecule has 1 aliphatic carbocycles. The summed E-state index contributed by atoms with van der Waals surface area (Å²) in [4.78, 5) is 0. The number of aliphatic hydroxyl groups excluding tert-OH is 1. The van der Waals surface area contributed by atoms with Crippen LogP contribution in [0.2, 0.25) is 0 Å². The van der Waals surface area contributed by atoms with Gasteiger partial charge < -0.3 is 5.11 Å². The fraction of sp³-hybridized carbons (Fsp3) is 1.00. The van der Waals surface area contributed by atoms with Gasteiger partial charge in [-0.15, -0.1) is 0 Å². The zero-order chi connectivity index (χ0) is 6.69. The molecule has 1 N–H and O–H groups in total. The van der Waals surface area contributed by atoms with Crippen LogP contribution in [0.15, 0.2) is 0 Å². The second kappa shape index (κ2) is 3.21. The summed E-state index contributed by atoms with van der Waals surface area (Å²) in [6, 6.07) is 0. The molecule has 0 heterocycles. The average molecular weight is 128 g/mol. The van der Waals surface area contributed by atoms with Crippen LogP contribution in [-0.2, 0) is 0 Å². The van der Waals surface area contributed by atoms with E-state index in [0.29, 0.717) is 0 Å². The highest BCUT2D eigenvalue weighted by molar-refractivity contribution is 4.66. The lowest BCUT2D eigenvalue weighted by Gasteiger charge is -2.09. The molecule has 1 heteroatoms. The van der Waals surface area contributed by atoms with Crippen molar-refractivity contribution in [3.63, 3.8) is 0 Å². The molecule has 54 valence electrons. The summed E-state index contributed by atoms with van der Waals surface area (Å²) in [7, 11) is 0. The minimum absolute atomic E-state index is 0.00231. The van der Waals surface area contributed by atoms with Gasteiger partial charge in [-0.2, -0.15) is 0 Å². The van der Waals surface area contributed by atoms with Crippen molar-refractivity contribution in [1.82, 2.24) is 0 Å². The number of hydrogen-bond acceptors (Lipinski definition) is 1. The minimum Gasteiger partial charge on any atom is -0.393 e. The first-order valence-corrected chi connectivity index (χ1v) is 3.97. The molecule has 1 saturated carbocycles. The molecule has 1 rings (SSSR count). The molecule has 0 radical (unpaired) electrons. The highest BCUT2D eigenvalue weighted by atomic mass is 16.3. The highest BCUT2D eigenvalue weighted by Crippen LogP contribution is 2.22. The second-order valence-electron chi connectivity index (χ2n) is 3.28. The normalized spacial score (nSPS) is 38.0. The summed E-state index contributed by atoms with van der Waals surface area (Å²) in [5.74, 6) is 0.752. The molecule has 0 bridgehead atoms. The van der Waals surface area contributed by atoms with Crippen LogP contribution in [-0.4, -0.2) is 11.2 Å². The molecule has 9 heavy (non-hydrogen) atoms. The van der Waals surface area contributed by atoms with Gasteiger partial charge in [0, 0.05) is 0 Å². The van der Waals surface area contributed by atoms with Gasteiger partial charge >= 0.3 is 0 Å². The molecular weight excluding hydrogens is 112 g/mol. The lowest BCUT2D eigenvalue weighted by atomic mass is 10.0. The molecule has 1 nitrogen and oxygen atoms in total. The second-order valence-corrected chi connectivity index (χ2v) is 3.28. The molecular formula is C8H16O. The van der Waals surface area contributed by atoms with E-state index in [1.54, 1.807) is 0 Å². The molecule has 0 amide bonds. The first kappa shape index (κ1) is 7.07. The Morgan fingerprint density at radius 3 is 2.67 bits per heavy atom. The fourth-order valence-electron chi connectivity index (χ4n) is 1.57. The Bertz CT molecular complexity index is 70.6. The maximum absolute atomic E-state index is 9.26. The van der Waals surface area contributed by atoms with E-state index >= 15 is 0 Å². The van der Waals surface area contributed by atoms with E-state index in [9.17, 15) is 5.11 Å². The molecule has 2 atom stereocenters. The molecule has 0 aromatic rings. The van der Waals surface area contributed by atoms with Crippen LogP contribution in [0, 0.1) is 5.92 Å². The van der Waals surface area contributed by atoms with Gasteiger partial charge in [-0.1, -0.05) is 26.2 Å². The maximum atomic E-state index is 9.26. The van der Waals surface area contributed by atoms with E-state index in [0.717, 1.165) is 18.8 Å². The maximum Gasteiger partial charge on any atom is 0.0542 e. The van der Waals surface area contributed by atoms with Gasteiger partial charge in [0.2, 0.25) is 0 Å². The van der Waals surface area contributed by atoms with Crippen molar-refractivity contribution in [2.75, 3.05) is 0 Å². The fourth-order valence-corrected chi connectivity index (χ4v) is 1.57. The number of rotatable bonds is 0. The Morgan fingerprint density at radius 2 is 1.89 bits per heavy atom. The van der Waals surface area contributed by atoms with Gasteiger partial charge in [-0.05, 0) is 18.8 Å². The monoisotopic (exact) mass is 128 g/mol. The Kier molecular flexibility index (Phi) is 2.52. The summed E-state index contributed by atoms with van der Waals surface area (Å²) in [5.41, 5.74) is 0. The van der Waals surface area contributed by atoms with Crippen LogP contribution in [0.5, 0.6) is 0 Å². The quantitative estimate of drug-likeness (QED) is 0.494. The van der Waals surface area contributed by atoms with Crippen molar-refractivity contribution in [2.45, 2.75) is 45.1 Å². The van der Waals surface area contributed by atoms with Gasteiger partial charge in [0.05, 0.1) is 6.10 Å². The van der Waals surface area contributed by atoms with Crippen LogP contribution in [0.4, 0.5) is 0 Å². The SMILES string of the molecule is CC1CCCCC(O)C1. The third-order valence-electron chi connectivity index (χ3n) is 2.16. The summed E-state index contributed by atoms with van der Waals surface area (Å²) in [6.07, 6.45) is 5.92. The third-order valence-corrected chi connectivity index (χ3v) is 2.16. The Labute approximate surface area is 57.1 Å². The number of aliphatic hydroxyl groups is 1. The van der Waals surface area contributed by atoms with Crippen LogP contribution in [0.25, 0.3) is 0 Å². The van der Waals surface area contributed by atoms with Crippen LogP contribution >= 0.6 is 0 Å². The smallest absolute Gasteiger partial charge is 0.0542 e. The zero-order valence-electron chi connectivity index (χ0n) is 6.14. The van der Waals surface area contributed by atoms with Crippen molar-refractivity contribution in [2.24, 2.45) is 5.92 Å². The van der Waals surface area contributed by atoms with Gasteiger partial charge in [-0.3, -0.25) is 0 Å². The Morgan fingerprint density at radius 1 is 1.22 bits per heavy atom. The molecule has 1 fully saturated rings. The highest BCUT2D eigenvalue weighted by Gasteiger charge is 2.13. The number of hydrogen-bond donors (Lipinski definition) is 1. The van der Waals surface area contributed by atoms with Gasteiger partial charge in [0.25, 0.3) is 0 Å². The van der Waals surface area contributed by atoms with E-state index in [1.165, 1.54) is 19.3 Å². The van der Waals surface area contributed by atoms with E-state index in [4.69, 9.17) is 0 Å². The third kappa shape index (κ3) is 2.35. The standard InChI is InChI=1S/C8H16O/c1-7-4-2-3-5-8(9)6-7/h7-9H,2-6H2,1H3. The van der Waals surface area contributed by atoms with Crippen LogP contribution in [0.1, 0.15) is 39.0 Å². The van der Waals surface area contributed by atoms with E-state index < -0.39 is 0 Å². The predicted octanol–water partition coefficient (Wildman–Crippen LogP) is 1.95. The van der Waals surface area contributed by atoms with E-state index in [1.807, 2.05) is 0 Å². The summed E-state index contributed by atoms with van der Waals surface area (Å²) in [6.45, 7) is 2.23. The molecule has 0 saturated heterocycles. The predicted molar refractivity (Wildman–Crippen MR) is 38.3 cm³/mol. The van der Waals surface area contributed by atoms with Crippen molar-refractivity contribution < 1.29 is 5.11 Å². The van der Waals surface area contributed by atoms with E-state index in [-0.39, 0.29) is 6.10 Å². The zero-order valence-corrected chi connectivity index (χ0v) is 6.14. The van der Waals surface area contributed by atoms with Crippen LogP contribution < -0.4 is 0 Å². The summed E-state index contributed by atoms with van der Waals surface area (Å²) >= 11 is 0. The summed E-state index contributed by atoms with van der Waals surface area (Å²) in [5, 5.41) is 9.26. The summed E-state index contributed by atoms with van der Waals surface area (Å²) < 4.78 is 0. The van der Waals surface area contributed by atoms with E-state index in [2.05, 4.69) is 6.92 Å². The largest absolute Gasteiger partial charge is 0.393 e. The van der Waals surface area contributed by atoms with Crippen molar-refractivity contribution in [1.29, 1.82) is 0 Å². The van der Waals surface area contributed by atoms with Crippen LogP contribution in [0.3, 0.4) is 0 Å². The first-order chi connectivity index (χ1) is 4.29. The van der Waals surface area contributed by atoms with Gasteiger partial charge in [-0.25, -0.2) is 0 Å². The molecule has 1 aliphatic rings. The Hall–Kier alpha value is -0.0400. The topological polar surface area (TPSA) is 20.2 Å². The van der Waals surface area contributed by atoms with Crippen molar-refractivity contribution >= 4 is 0 Å². The van der Waals surface area contributed by atoms with Crippen molar-refractivity contribution in [3.05, 3.63) is 0 Å². The Balaban J connectivity index is 2.29. The lowest BCUT2D eigenvalue weighted by molar-refractivity contribution is 0.144. The minimum atomic E-state index is 0.00231. The molecule has 0 aromatic carbocycles. The lowest BCUT2D eigenvalue weighted by Crippen LogP contribution is -2.07. The molecule has 2 unspecified atom stereocenters.